The van der Waals surface area contributed by atoms with Crippen LogP contribution in [-0.2, 0) is 11.0 Å². The minimum Gasteiger partial charge on any atom is -0.389 e. The minimum absolute atomic E-state index is 0.0566. The lowest BCUT2D eigenvalue weighted by molar-refractivity contribution is -0.137. The van der Waals surface area contributed by atoms with E-state index in [2.05, 4.69) is 10.9 Å². The first-order valence-electron chi connectivity index (χ1n) is 6.73. The Morgan fingerprint density at radius 2 is 1.95 bits per heavy atom. The highest BCUT2D eigenvalue weighted by molar-refractivity contribution is 5.78. The summed E-state index contributed by atoms with van der Waals surface area (Å²) in [5.74, 6) is -0.447. The highest BCUT2D eigenvalue weighted by Crippen LogP contribution is 2.32. The van der Waals surface area contributed by atoms with Crippen LogP contribution < -0.4 is 10.9 Å². The van der Waals surface area contributed by atoms with Gasteiger partial charge in [-0.1, -0.05) is 18.9 Å². The summed E-state index contributed by atoms with van der Waals surface area (Å²) in [6.07, 6.45) is -1.58. The van der Waals surface area contributed by atoms with Crippen molar-refractivity contribution in [3.05, 3.63) is 29.8 Å². The number of hydrazine groups is 1. The molecule has 21 heavy (non-hydrogen) atoms. The smallest absolute Gasteiger partial charge is 0.389 e. The topological polar surface area (TPSA) is 61.4 Å². The first-order chi connectivity index (χ1) is 9.78. The van der Waals surface area contributed by atoms with E-state index in [1.807, 2.05) is 0 Å². The molecule has 1 fully saturated rings. The van der Waals surface area contributed by atoms with Crippen molar-refractivity contribution in [2.24, 2.45) is 0 Å². The zero-order valence-electron chi connectivity index (χ0n) is 11.3. The van der Waals surface area contributed by atoms with Crippen molar-refractivity contribution in [1.82, 2.24) is 5.43 Å². The number of hydrogen-bond donors (Lipinski definition) is 3. The van der Waals surface area contributed by atoms with E-state index in [1.165, 1.54) is 12.1 Å². The van der Waals surface area contributed by atoms with Crippen LogP contribution in [0.1, 0.15) is 37.7 Å². The zero-order chi connectivity index (χ0) is 15.5. The van der Waals surface area contributed by atoms with Crippen molar-refractivity contribution >= 4 is 11.6 Å². The summed E-state index contributed by atoms with van der Waals surface area (Å²) < 4.78 is 37.6. The molecule has 7 heteroatoms. The Morgan fingerprint density at radius 1 is 1.29 bits per heavy atom. The van der Waals surface area contributed by atoms with Gasteiger partial charge in [-0.3, -0.25) is 15.6 Å². The molecule has 0 atom stereocenters. The average Bonchev–Trinajstić information content (AvgIpc) is 2.82. The van der Waals surface area contributed by atoms with Gasteiger partial charge >= 0.3 is 6.18 Å². The van der Waals surface area contributed by atoms with Gasteiger partial charge in [0, 0.05) is 0 Å². The number of benzene rings is 1. The predicted octanol–water partition coefficient (Wildman–Crippen LogP) is 2.84. The van der Waals surface area contributed by atoms with Gasteiger partial charge in [-0.15, -0.1) is 0 Å². The van der Waals surface area contributed by atoms with E-state index in [9.17, 15) is 23.1 Å². The molecule has 4 nitrogen and oxygen atoms in total. The molecule has 1 aliphatic rings. The van der Waals surface area contributed by atoms with Gasteiger partial charge in [0.15, 0.2) is 0 Å². The Labute approximate surface area is 120 Å². The molecule has 0 aliphatic heterocycles. The molecule has 2 rings (SSSR count). The number of alkyl halides is 3. The molecule has 0 bridgehead atoms. The number of carbonyl (C=O) groups excluding carboxylic acids is 1. The van der Waals surface area contributed by atoms with Crippen molar-refractivity contribution in [2.75, 3.05) is 5.43 Å². The van der Waals surface area contributed by atoms with Crippen molar-refractivity contribution in [2.45, 2.75) is 43.9 Å². The summed E-state index contributed by atoms with van der Waals surface area (Å²) in [5.41, 5.74) is 3.10. The highest BCUT2D eigenvalue weighted by atomic mass is 19.4. The maximum absolute atomic E-state index is 12.5. The molecule has 1 aromatic carbocycles. The Hall–Kier alpha value is -1.76. The van der Waals surface area contributed by atoms with E-state index < -0.39 is 23.2 Å². The quantitative estimate of drug-likeness (QED) is 0.750. The number of aliphatic hydroxyl groups is 1. The number of halogens is 3. The monoisotopic (exact) mass is 302 g/mol. The second kappa shape index (κ2) is 5.93. The van der Waals surface area contributed by atoms with E-state index in [1.54, 1.807) is 0 Å². The van der Waals surface area contributed by atoms with Crippen LogP contribution in [0.15, 0.2) is 24.3 Å². The van der Waals surface area contributed by atoms with Crippen LogP contribution in [0.5, 0.6) is 0 Å². The van der Waals surface area contributed by atoms with Crippen LogP contribution >= 0.6 is 0 Å². The largest absolute Gasteiger partial charge is 0.416 e. The lowest BCUT2D eigenvalue weighted by atomic mass is 9.98. The molecule has 0 saturated heterocycles. The average molecular weight is 302 g/mol. The van der Waals surface area contributed by atoms with Gasteiger partial charge in [-0.25, -0.2) is 0 Å². The Bertz CT molecular complexity index is 511. The lowest BCUT2D eigenvalue weighted by Gasteiger charge is -2.21. The van der Waals surface area contributed by atoms with Gasteiger partial charge in [0.05, 0.1) is 23.3 Å². The number of hydrogen-bond acceptors (Lipinski definition) is 3. The van der Waals surface area contributed by atoms with E-state index in [4.69, 9.17) is 0 Å². The minimum atomic E-state index is -4.43. The fourth-order valence-electron chi connectivity index (χ4n) is 2.47. The summed E-state index contributed by atoms with van der Waals surface area (Å²) in [7, 11) is 0. The van der Waals surface area contributed by atoms with Crippen LogP contribution in [0.4, 0.5) is 18.9 Å². The summed E-state index contributed by atoms with van der Waals surface area (Å²) in [6, 6.07) is 4.53. The standard InChI is InChI=1S/C14H17F3N2O2/c15-14(16,17)10-4-3-5-11(8-10)18-19-12(20)9-13(21)6-1-2-7-13/h3-5,8,18,21H,1-2,6-7,9H2,(H,19,20). The third-order valence-electron chi connectivity index (χ3n) is 3.56. The van der Waals surface area contributed by atoms with Crippen molar-refractivity contribution < 1.29 is 23.1 Å². The molecule has 1 saturated carbocycles. The Morgan fingerprint density at radius 3 is 2.57 bits per heavy atom. The van der Waals surface area contributed by atoms with Crippen molar-refractivity contribution in [1.29, 1.82) is 0 Å². The van der Waals surface area contributed by atoms with Gasteiger partial charge in [-0.2, -0.15) is 13.2 Å². The third kappa shape index (κ3) is 4.35. The second-order valence-electron chi connectivity index (χ2n) is 5.36. The van der Waals surface area contributed by atoms with Gasteiger partial charge in [0.2, 0.25) is 5.91 Å². The molecular weight excluding hydrogens is 285 g/mol. The first-order valence-corrected chi connectivity index (χ1v) is 6.73. The summed E-state index contributed by atoms with van der Waals surface area (Å²) in [6.45, 7) is 0. The van der Waals surface area contributed by atoms with E-state index in [0.717, 1.165) is 25.0 Å². The molecular formula is C14H17F3N2O2. The summed E-state index contributed by atoms with van der Waals surface area (Å²) in [4.78, 5) is 11.7. The molecule has 3 N–H and O–H groups in total. The molecule has 0 radical (unpaired) electrons. The van der Waals surface area contributed by atoms with Crippen LogP contribution in [0.3, 0.4) is 0 Å². The molecule has 1 amide bonds. The maximum Gasteiger partial charge on any atom is 0.416 e. The lowest BCUT2D eigenvalue weighted by Crippen LogP contribution is -2.37. The number of amides is 1. The Balaban J connectivity index is 1.89. The molecule has 116 valence electrons. The van der Waals surface area contributed by atoms with Gasteiger partial charge in [0.1, 0.15) is 0 Å². The van der Waals surface area contributed by atoms with E-state index in [-0.39, 0.29) is 12.1 Å². The van der Waals surface area contributed by atoms with Gasteiger partial charge in [-0.05, 0) is 31.0 Å². The van der Waals surface area contributed by atoms with Crippen LogP contribution in [0, 0.1) is 0 Å². The fourth-order valence-corrected chi connectivity index (χ4v) is 2.47. The number of rotatable bonds is 4. The first kappa shape index (κ1) is 15.6. The number of nitrogens with one attached hydrogen (secondary N) is 2. The zero-order valence-corrected chi connectivity index (χ0v) is 11.3. The summed E-state index contributed by atoms with van der Waals surface area (Å²) in [5, 5.41) is 10.1. The number of carbonyl (C=O) groups is 1. The van der Waals surface area contributed by atoms with Crippen LogP contribution in [0.2, 0.25) is 0 Å². The molecule has 0 heterocycles. The highest BCUT2D eigenvalue weighted by Gasteiger charge is 2.33. The van der Waals surface area contributed by atoms with E-state index in [0.29, 0.717) is 12.8 Å². The van der Waals surface area contributed by atoms with Gasteiger partial charge < -0.3 is 5.11 Å². The predicted molar refractivity (Wildman–Crippen MR) is 71.2 cm³/mol. The number of anilines is 1. The molecule has 0 spiro atoms. The third-order valence-corrected chi connectivity index (χ3v) is 3.56. The van der Waals surface area contributed by atoms with Crippen LogP contribution in [-0.4, -0.2) is 16.6 Å². The second-order valence-corrected chi connectivity index (χ2v) is 5.36. The summed E-state index contributed by atoms with van der Waals surface area (Å²) >= 11 is 0. The molecule has 0 unspecified atom stereocenters. The van der Waals surface area contributed by atoms with E-state index >= 15 is 0 Å². The molecule has 0 aromatic heterocycles. The van der Waals surface area contributed by atoms with Crippen LogP contribution in [0.25, 0.3) is 0 Å². The van der Waals surface area contributed by atoms with Gasteiger partial charge in [0.25, 0.3) is 0 Å². The van der Waals surface area contributed by atoms with Crippen molar-refractivity contribution in [3.8, 4) is 0 Å². The Kier molecular flexibility index (Phi) is 4.41. The maximum atomic E-state index is 12.5. The van der Waals surface area contributed by atoms with Crippen molar-refractivity contribution in [3.63, 3.8) is 0 Å². The fraction of sp³-hybridized carbons (Fsp3) is 0.500. The molecule has 1 aromatic rings. The SMILES string of the molecule is O=C(CC1(O)CCCC1)NNc1cccc(C(F)(F)F)c1. The normalized spacial score (nSPS) is 17.5. The molecule has 1 aliphatic carbocycles.